The van der Waals surface area contributed by atoms with Crippen molar-refractivity contribution >= 4 is 35.3 Å². The Hall–Kier alpha value is -1.40. The van der Waals surface area contributed by atoms with Crippen LogP contribution in [0.2, 0.25) is 5.02 Å². The minimum atomic E-state index is -0.252. The second kappa shape index (κ2) is 11.2. The first-order valence-corrected chi connectivity index (χ1v) is 8.49. The maximum Gasteiger partial charge on any atom is 0.307 e. The van der Waals surface area contributed by atoms with Gasteiger partial charge in [0.15, 0.2) is 5.96 Å². The van der Waals surface area contributed by atoms with E-state index in [1.54, 1.807) is 11.8 Å². The zero-order valence-corrected chi connectivity index (χ0v) is 14.5. The van der Waals surface area contributed by atoms with Crippen LogP contribution in [0.15, 0.2) is 34.2 Å². The molecule has 5 nitrogen and oxygen atoms in total. The van der Waals surface area contributed by atoms with E-state index in [9.17, 15) is 4.79 Å². The van der Waals surface area contributed by atoms with Crippen LogP contribution in [0.5, 0.6) is 0 Å². The van der Waals surface area contributed by atoms with E-state index in [1.807, 2.05) is 31.2 Å². The summed E-state index contributed by atoms with van der Waals surface area (Å²) < 4.78 is 4.59. The molecular weight excluding hydrogens is 322 g/mol. The minimum absolute atomic E-state index is 0.252. The molecule has 0 bridgehead atoms. The van der Waals surface area contributed by atoms with E-state index in [0.717, 1.165) is 23.9 Å². The maximum absolute atomic E-state index is 11.0. The summed E-state index contributed by atoms with van der Waals surface area (Å²) >= 11 is 7.60. The third kappa shape index (κ3) is 8.14. The van der Waals surface area contributed by atoms with E-state index < -0.39 is 0 Å². The van der Waals surface area contributed by atoms with E-state index in [4.69, 9.17) is 11.6 Å². The Morgan fingerprint density at radius 2 is 2.05 bits per heavy atom. The van der Waals surface area contributed by atoms with Crippen LogP contribution in [0.3, 0.4) is 0 Å². The largest absolute Gasteiger partial charge is 0.469 e. The van der Waals surface area contributed by atoms with Gasteiger partial charge in [0, 0.05) is 28.8 Å². The molecule has 2 N–H and O–H groups in total. The Morgan fingerprint density at radius 1 is 1.32 bits per heavy atom. The molecule has 22 heavy (non-hydrogen) atoms. The smallest absolute Gasteiger partial charge is 0.307 e. The first kappa shape index (κ1) is 18.6. The van der Waals surface area contributed by atoms with Crippen molar-refractivity contribution in [3.63, 3.8) is 0 Å². The zero-order chi connectivity index (χ0) is 16.2. The SMILES string of the molecule is CCNC(=NCCC(=O)OC)NCCSc1ccc(Cl)cc1. The van der Waals surface area contributed by atoms with E-state index in [0.29, 0.717) is 12.5 Å². The number of hydrogen-bond donors (Lipinski definition) is 2. The minimum Gasteiger partial charge on any atom is -0.469 e. The van der Waals surface area contributed by atoms with Crippen molar-refractivity contribution in [1.29, 1.82) is 0 Å². The van der Waals surface area contributed by atoms with Gasteiger partial charge in [-0.2, -0.15) is 0 Å². The molecule has 1 rings (SSSR count). The number of ether oxygens (including phenoxy) is 1. The van der Waals surface area contributed by atoms with Gasteiger partial charge in [0.2, 0.25) is 0 Å². The Labute approximate surface area is 140 Å². The van der Waals surface area contributed by atoms with Crippen molar-refractivity contribution in [3.8, 4) is 0 Å². The summed E-state index contributed by atoms with van der Waals surface area (Å²) in [4.78, 5) is 16.6. The molecule has 1 aromatic rings. The lowest BCUT2D eigenvalue weighted by molar-refractivity contribution is -0.140. The molecule has 0 amide bonds. The monoisotopic (exact) mass is 343 g/mol. The van der Waals surface area contributed by atoms with Crippen molar-refractivity contribution in [1.82, 2.24) is 10.6 Å². The summed E-state index contributed by atoms with van der Waals surface area (Å²) in [7, 11) is 1.38. The van der Waals surface area contributed by atoms with Crippen molar-refractivity contribution < 1.29 is 9.53 Å². The molecule has 7 heteroatoms. The second-order valence-electron chi connectivity index (χ2n) is 4.32. The number of nitrogens with zero attached hydrogens (tertiary/aromatic N) is 1. The van der Waals surface area contributed by atoms with Crippen LogP contribution in [-0.4, -0.2) is 44.4 Å². The number of aliphatic imine (C=N–C) groups is 1. The third-order valence-electron chi connectivity index (χ3n) is 2.63. The topological polar surface area (TPSA) is 62.7 Å². The normalized spacial score (nSPS) is 11.1. The Morgan fingerprint density at radius 3 is 2.68 bits per heavy atom. The lowest BCUT2D eigenvalue weighted by atomic mass is 10.4. The first-order valence-electron chi connectivity index (χ1n) is 7.13. The fourth-order valence-corrected chi connectivity index (χ4v) is 2.47. The summed E-state index contributed by atoms with van der Waals surface area (Å²) in [6, 6.07) is 7.77. The number of carbonyl (C=O) groups excluding carboxylic acids is 1. The fourth-order valence-electron chi connectivity index (χ4n) is 1.57. The summed E-state index contributed by atoms with van der Waals surface area (Å²) in [5.74, 6) is 1.37. The predicted octanol–water partition coefficient (Wildman–Crippen LogP) is 2.55. The molecule has 0 atom stereocenters. The quantitative estimate of drug-likeness (QED) is 0.250. The highest BCUT2D eigenvalue weighted by atomic mass is 35.5. The second-order valence-corrected chi connectivity index (χ2v) is 5.92. The van der Waals surface area contributed by atoms with E-state index >= 15 is 0 Å². The molecule has 1 aromatic carbocycles. The molecule has 0 aliphatic carbocycles. The number of halogens is 1. The van der Waals surface area contributed by atoms with Crippen molar-refractivity contribution in [2.45, 2.75) is 18.2 Å². The molecule has 0 aromatic heterocycles. The van der Waals surface area contributed by atoms with Gasteiger partial charge in [-0.25, -0.2) is 0 Å². The summed E-state index contributed by atoms with van der Waals surface area (Å²) in [5.41, 5.74) is 0. The van der Waals surface area contributed by atoms with Gasteiger partial charge in [-0.1, -0.05) is 11.6 Å². The van der Waals surface area contributed by atoms with Gasteiger partial charge in [-0.3, -0.25) is 9.79 Å². The number of esters is 1. The standard InChI is InChI=1S/C15H22ClN3O2S/c1-3-17-15(18-9-8-14(20)21-2)19-10-11-22-13-6-4-12(16)5-7-13/h4-7H,3,8-11H2,1-2H3,(H2,17,18,19). The van der Waals surface area contributed by atoms with Crippen LogP contribution in [0.4, 0.5) is 0 Å². The molecule has 0 saturated heterocycles. The van der Waals surface area contributed by atoms with Crippen molar-refractivity contribution in [2.75, 3.05) is 32.5 Å². The van der Waals surface area contributed by atoms with Crippen LogP contribution in [0, 0.1) is 0 Å². The number of thioether (sulfide) groups is 1. The van der Waals surface area contributed by atoms with Gasteiger partial charge in [-0.05, 0) is 31.2 Å². The van der Waals surface area contributed by atoms with E-state index in [2.05, 4.69) is 20.4 Å². The summed E-state index contributed by atoms with van der Waals surface area (Å²) in [5, 5.41) is 7.12. The molecule has 0 aliphatic heterocycles. The highest BCUT2D eigenvalue weighted by Gasteiger charge is 2.01. The average molecular weight is 344 g/mol. The Bertz CT molecular complexity index is 480. The third-order valence-corrected chi connectivity index (χ3v) is 3.90. The molecule has 122 valence electrons. The van der Waals surface area contributed by atoms with Crippen molar-refractivity contribution in [2.24, 2.45) is 4.99 Å². The lowest BCUT2D eigenvalue weighted by Gasteiger charge is -2.11. The number of hydrogen-bond acceptors (Lipinski definition) is 4. The van der Waals surface area contributed by atoms with Crippen LogP contribution >= 0.6 is 23.4 Å². The number of nitrogens with one attached hydrogen (secondary N) is 2. The fraction of sp³-hybridized carbons (Fsp3) is 0.467. The van der Waals surface area contributed by atoms with Crippen LogP contribution in [0.25, 0.3) is 0 Å². The number of rotatable bonds is 8. The maximum atomic E-state index is 11.0. The van der Waals surface area contributed by atoms with Gasteiger partial charge >= 0.3 is 5.97 Å². The molecular formula is C15H22ClN3O2S. The highest BCUT2D eigenvalue weighted by molar-refractivity contribution is 7.99. The Kier molecular flexibility index (Phi) is 9.50. The lowest BCUT2D eigenvalue weighted by Crippen LogP contribution is -2.38. The predicted molar refractivity (Wildman–Crippen MR) is 92.8 cm³/mol. The van der Waals surface area contributed by atoms with Gasteiger partial charge in [-0.15, -0.1) is 11.8 Å². The summed E-state index contributed by atoms with van der Waals surface area (Å²) in [6.07, 6.45) is 0.284. The van der Waals surface area contributed by atoms with E-state index in [1.165, 1.54) is 12.0 Å². The number of guanidine groups is 1. The molecule has 0 unspecified atom stereocenters. The molecule has 0 aliphatic rings. The molecule has 0 heterocycles. The molecule has 0 fully saturated rings. The van der Waals surface area contributed by atoms with Crippen molar-refractivity contribution in [3.05, 3.63) is 29.3 Å². The highest BCUT2D eigenvalue weighted by Crippen LogP contribution is 2.19. The van der Waals surface area contributed by atoms with Crippen LogP contribution in [0.1, 0.15) is 13.3 Å². The Balaban J connectivity index is 2.29. The first-order chi connectivity index (χ1) is 10.7. The van der Waals surface area contributed by atoms with Gasteiger partial charge in [0.05, 0.1) is 20.1 Å². The van der Waals surface area contributed by atoms with Gasteiger partial charge < -0.3 is 15.4 Å². The van der Waals surface area contributed by atoms with Gasteiger partial charge in [0.1, 0.15) is 0 Å². The number of methoxy groups -OCH3 is 1. The molecule has 0 spiro atoms. The zero-order valence-electron chi connectivity index (χ0n) is 12.9. The molecule has 0 saturated carbocycles. The van der Waals surface area contributed by atoms with Crippen LogP contribution in [-0.2, 0) is 9.53 Å². The number of carbonyl (C=O) groups is 1. The van der Waals surface area contributed by atoms with Crippen LogP contribution < -0.4 is 10.6 Å². The summed E-state index contributed by atoms with van der Waals surface area (Å²) in [6.45, 7) is 3.96. The average Bonchev–Trinajstić information content (AvgIpc) is 2.53. The van der Waals surface area contributed by atoms with Gasteiger partial charge in [0.25, 0.3) is 0 Å². The number of benzene rings is 1. The van der Waals surface area contributed by atoms with E-state index in [-0.39, 0.29) is 12.4 Å². The molecule has 0 radical (unpaired) electrons.